The minimum Gasteiger partial charge on any atom is -0.309 e. The SMILES string of the molecule is c1ccc(-c2ccc3c4c(cccc24)-c2nc(-c4cccc(-n5c6ccccc6c6cc(-n7c8ccccc8c8ccccc87)ccc65)c4)nc(-c4cccc(-n5c6ccccc6c6cc(-n7c8ccccc8c8ccccc87)ccc65)c4)c2-3)cc1. The van der Waals surface area contributed by atoms with Gasteiger partial charge in [0.2, 0.25) is 0 Å². The molecule has 398 valence electrons. The monoisotopic (exact) mass is 1090 g/mol. The maximum Gasteiger partial charge on any atom is 0.160 e. The summed E-state index contributed by atoms with van der Waals surface area (Å²) >= 11 is 0. The number of benzene rings is 13. The highest BCUT2D eigenvalue weighted by Crippen LogP contribution is 2.53. The average molecular weight is 1090 g/mol. The highest BCUT2D eigenvalue weighted by molar-refractivity contribution is 6.21. The van der Waals surface area contributed by atoms with Crippen molar-refractivity contribution in [2.45, 2.75) is 0 Å². The van der Waals surface area contributed by atoms with Gasteiger partial charge in [0, 0.05) is 88.1 Å². The summed E-state index contributed by atoms with van der Waals surface area (Å²) in [6, 6.07) is 106. The number of nitrogens with zero attached hydrogens (tertiary/aromatic N) is 6. The van der Waals surface area contributed by atoms with Gasteiger partial charge in [-0.05, 0) is 125 Å². The molecule has 0 N–H and O–H groups in total. The molecule has 0 spiro atoms. The Labute approximate surface area is 493 Å². The van der Waals surface area contributed by atoms with E-state index < -0.39 is 0 Å². The van der Waals surface area contributed by atoms with Crippen LogP contribution in [-0.4, -0.2) is 28.2 Å². The lowest BCUT2D eigenvalue weighted by Crippen LogP contribution is -2.00. The van der Waals surface area contributed by atoms with Crippen LogP contribution in [0.1, 0.15) is 0 Å². The molecule has 1 aliphatic carbocycles. The lowest BCUT2D eigenvalue weighted by Gasteiger charge is -2.15. The Morgan fingerprint density at radius 1 is 0.209 bits per heavy atom. The molecular weight excluding hydrogens is 1040 g/mol. The molecule has 6 heteroatoms. The van der Waals surface area contributed by atoms with Crippen LogP contribution in [0.5, 0.6) is 0 Å². The predicted octanol–water partition coefficient (Wildman–Crippen LogP) is 20.7. The molecule has 0 aliphatic heterocycles. The molecule has 18 aromatic rings. The van der Waals surface area contributed by atoms with E-state index in [-0.39, 0.29) is 0 Å². The van der Waals surface area contributed by atoms with Crippen LogP contribution in [0.25, 0.3) is 177 Å². The molecule has 5 heterocycles. The van der Waals surface area contributed by atoms with Gasteiger partial charge in [-0.1, -0.05) is 194 Å². The molecule has 13 aromatic carbocycles. The third-order valence-electron chi connectivity index (χ3n) is 18.3. The normalized spacial score (nSPS) is 12.2. The average Bonchev–Trinajstić information content (AvgIpc) is 1.98. The molecule has 0 atom stereocenters. The first-order valence-electron chi connectivity index (χ1n) is 29.5. The predicted molar refractivity (Wildman–Crippen MR) is 358 cm³/mol. The van der Waals surface area contributed by atoms with Crippen molar-refractivity contribution in [3.8, 4) is 78.9 Å². The minimum atomic E-state index is 0.669. The molecular formula is C80H48N6. The van der Waals surface area contributed by atoms with E-state index in [0.29, 0.717) is 5.82 Å². The first kappa shape index (κ1) is 46.9. The second-order valence-electron chi connectivity index (χ2n) is 22.8. The van der Waals surface area contributed by atoms with Crippen LogP contribution in [0, 0.1) is 0 Å². The van der Waals surface area contributed by atoms with Gasteiger partial charge < -0.3 is 18.3 Å². The standard InChI is InChI=1S/C80H48N6/c1-2-19-49(20-3-1)56-41-42-64-76-63(56)31-18-32-65(76)79-77(64)78(50-21-16-23-52(45-50)83-72-37-14-8-29-61(72)66-47-54(39-43-74(66)83)85-68-33-10-4-25-57(68)58-26-5-11-34-69(58)85)81-80(82-79)51-22-17-24-53(46-51)84-73-38-15-9-30-62(73)67-48-55(40-44-75(67)84)86-70-35-12-6-27-59(70)60-28-7-13-36-71(60)86/h1-48H. The van der Waals surface area contributed by atoms with Gasteiger partial charge in [-0.2, -0.15) is 0 Å². The van der Waals surface area contributed by atoms with Gasteiger partial charge in [-0.25, -0.2) is 9.97 Å². The Kier molecular flexibility index (Phi) is 9.80. The highest BCUT2D eigenvalue weighted by Gasteiger charge is 2.30. The molecule has 19 rings (SSSR count). The fourth-order valence-corrected chi connectivity index (χ4v) is 14.7. The molecule has 0 saturated carbocycles. The van der Waals surface area contributed by atoms with Crippen LogP contribution in [0.15, 0.2) is 291 Å². The zero-order chi connectivity index (χ0) is 56.1. The molecule has 86 heavy (non-hydrogen) atoms. The largest absolute Gasteiger partial charge is 0.309 e. The van der Waals surface area contributed by atoms with Crippen molar-refractivity contribution in [2.24, 2.45) is 0 Å². The summed E-state index contributed by atoms with van der Waals surface area (Å²) < 4.78 is 9.65. The third-order valence-corrected chi connectivity index (χ3v) is 18.3. The summed E-state index contributed by atoms with van der Waals surface area (Å²) in [5.41, 5.74) is 23.1. The molecule has 0 radical (unpaired) electrons. The first-order valence-corrected chi connectivity index (χ1v) is 29.5. The van der Waals surface area contributed by atoms with E-state index in [4.69, 9.17) is 9.97 Å². The van der Waals surface area contributed by atoms with Crippen LogP contribution in [0.2, 0.25) is 0 Å². The van der Waals surface area contributed by atoms with Crippen molar-refractivity contribution < 1.29 is 0 Å². The van der Waals surface area contributed by atoms with Crippen LogP contribution < -0.4 is 0 Å². The number of hydrogen-bond donors (Lipinski definition) is 0. The fourth-order valence-electron chi connectivity index (χ4n) is 14.7. The molecule has 0 saturated heterocycles. The minimum absolute atomic E-state index is 0.669. The smallest absolute Gasteiger partial charge is 0.160 e. The fraction of sp³-hybridized carbons (Fsp3) is 0. The van der Waals surface area contributed by atoms with E-state index in [9.17, 15) is 0 Å². The quantitative estimate of drug-likeness (QED) is 0.160. The molecule has 5 aromatic heterocycles. The van der Waals surface area contributed by atoms with E-state index in [2.05, 4.69) is 309 Å². The molecule has 0 amide bonds. The second kappa shape index (κ2) is 18.0. The zero-order valence-corrected chi connectivity index (χ0v) is 46.4. The van der Waals surface area contributed by atoms with Crippen LogP contribution >= 0.6 is 0 Å². The van der Waals surface area contributed by atoms with Crippen molar-refractivity contribution in [1.29, 1.82) is 0 Å². The van der Waals surface area contributed by atoms with Crippen molar-refractivity contribution in [3.63, 3.8) is 0 Å². The summed E-state index contributed by atoms with van der Waals surface area (Å²) in [7, 11) is 0. The summed E-state index contributed by atoms with van der Waals surface area (Å²) in [5.74, 6) is 0.669. The van der Waals surface area contributed by atoms with E-state index in [1.54, 1.807) is 0 Å². The first-order chi connectivity index (χ1) is 42.7. The van der Waals surface area contributed by atoms with Crippen LogP contribution in [0.3, 0.4) is 0 Å². The topological polar surface area (TPSA) is 45.5 Å². The molecule has 0 bridgehead atoms. The Bertz CT molecular complexity index is 5800. The molecule has 0 fully saturated rings. The number of hydrogen-bond acceptors (Lipinski definition) is 2. The summed E-state index contributed by atoms with van der Waals surface area (Å²) in [5, 5.41) is 12.2. The van der Waals surface area contributed by atoms with Gasteiger partial charge in [0.15, 0.2) is 5.82 Å². The van der Waals surface area contributed by atoms with E-state index >= 15 is 0 Å². The van der Waals surface area contributed by atoms with E-state index in [1.165, 1.54) is 87.1 Å². The van der Waals surface area contributed by atoms with Gasteiger partial charge in [-0.15, -0.1) is 0 Å². The van der Waals surface area contributed by atoms with Crippen molar-refractivity contribution in [2.75, 3.05) is 0 Å². The number of para-hydroxylation sites is 6. The van der Waals surface area contributed by atoms with Gasteiger partial charge >= 0.3 is 0 Å². The third kappa shape index (κ3) is 6.66. The summed E-state index contributed by atoms with van der Waals surface area (Å²) in [6.07, 6.45) is 0. The van der Waals surface area contributed by atoms with E-state index in [1.807, 2.05) is 0 Å². The number of rotatable bonds is 7. The Hall–Kier alpha value is -11.6. The zero-order valence-electron chi connectivity index (χ0n) is 46.4. The lowest BCUT2D eigenvalue weighted by molar-refractivity contribution is 1.15. The Morgan fingerprint density at radius 2 is 0.570 bits per heavy atom. The number of fused-ring (bicyclic) bond motifs is 15. The highest BCUT2D eigenvalue weighted by atomic mass is 15.0. The molecule has 0 unspecified atom stereocenters. The molecule has 6 nitrogen and oxygen atoms in total. The van der Waals surface area contributed by atoms with Crippen molar-refractivity contribution in [1.82, 2.24) is 28.2 Å². The summed E-state index contributed by atoms with van der Waals surface area (Å²) in [4.78, 5) is 11.5. The van der Waals surface area contributed by atoms with Gasteiger partial charge in [-0.3, -0.25) is 0 Å². The Balaban J connectivity index is 0.796. The van der Waals surface area contributed by atoms with Gasteiger partial charge in [0.25, 0.3) is 0 Å². The van der Waals surface area contributed by atoms with Crippen molar-refractivity contribution in [3.05, 3.63) is 291 Å². The number of aromatic nitrogens is 6. The van der Waals surface area contributed by atoms with Gasteiger partial charge in [0.05, 0.1) is 55.5 Å². The van der Waals surface area contributed by atoms with Crippen LogP contribution in [-0.2, 0) is 0 Å². The summed E-state index contributed by atoms with van der Waals surface area (Å²) in [6.45, 7) is 0. The second-order valence-corrected chi connectivity index (χ2v) is 22.8. The van der Waals surface area contributed by atoms with Gasteiger partial charge in [0.1, 0.15) is 0 Å². The lowest BCUT2D eigenvalue weighted by atomic mass is 9.93. The maximum absolute atomic E-state index is 5.77. The van der Waals surface area contributed by atoms with Crippen LogP contribution in [0.4, 0.5) is 0 Å². The van der Waals surface area contributed by atoms with E-state index in [0.717, 1.165) is 84.0 Å². The maximum atomic E-state index is 5.77. The Morgan fingerprint density at radius 3 is 1.07 bits per heavy atom. The molecule has 1 aliphatic rings. The van der Waals surface area contributed by atoms with Crippen molar-refractivity contribution >= 4 is 98.0 Å².